The average molecular weight is 273 g/mol. The number of unbranched alkanes of at least 4 members (excludes halogenated alkanes) is 7. The van der Waals surface area contributed by atoms with Crippen molar-refractivity contribution in [3.05, 3.63) is 11.5 Å². The molecule has 0 amide bonds. The zero-order valence-corrected chi connectivity index (χ0v) is 12.3. The molecule has 4 heteroatoms. The second-order valence-electron chi connectivity index (χ2n) is 5.19. The molecule has 1 N–H and O–H groups in total. The lowest BCUT2D eigenvalue weighted by atomic mass is 10.1. The first kappa shape index (κ1) is 15.7. The lowest BCUT2D eigenvalue weighted by Crippen LogP contribution is -2.30. The van der Waals surface area contributed by atoms with E-state index in [0.717, 1.165) is 13.0 Å². The van der Waals surface area contributed by atoms with Gasteiger partial charge in [-0.3, -0.25) is 0 Å². The van der Waals surface area contributed by atoms with Crippen molar-refractivity contribution in [1.82, 2.24) is 5.32 Å². The summed E-state index contributed by atoms with van der Waals surface area (Å²) in [5.41, 5.74) is 0. The summed E-state index contributed by atoms with van der Waals surface area (Å²) >= 11 is 0. The summed E-state index contributed by atoms with van der Waals surface area (Å²) in [4.78, 5) is 0. The van der Waals surface area contributed by atoms with Crippen LogP contribution in [0.2, 0.25) is 0 Å². The standard InChI is InChI=1S/C14H27NO2S/c1-2-3-4-5-6-7-8-9-11-15-14-10-12-18(16,17)13-14/h10,12,14-15H,2-9,11,13H2,1H3. The fourth-order valence-corrected chi connectivity index (χ4v) is 3.52. The smallest absolute Gasteiger partial charge is 0.173 e. The van der Waals surface area contributed by atoms with Gasteiger partial charge in [-0.05, 0) is 13.0 Å². The van der Waals surface area contributed by atoms with E-state index in [9.17, 15) is 8.42 Å². The third-order valence-corrected chi connectivity index (χ3v) is 4.76. The molecule has 0 spiro atoms. The zero-order chi connectivity index (χ0) is 13.3. The Morgan fingerprint density at radius 2 is 1.67 bits per heavy atom. The fourth-order valence-electron chi connectivity index (χ4n) is 2.25. The molecule has 0 aromatic carbocycles. The molecule has 1 aliphatic rings. The fraction of sp³-hybridized carbons (Fsp3) is 0.857. The Morgan fingerprint density at radius 3 is 2.22 bits per heavy atom. The first-order valence-corrected chi connectivity index (χ1v) is 9.00. The van der Waals surface area contributed by atoms with Crippen molar-refractivity contribution >= 4 is 9.84 Å². The summed E-state index contributed by atoms with van der Waals surface area (Å²) < 4.78 is 22.3. The molecule has 0 aliphatic carbocycles. The van der Waals surface area contributed by atoms with E-state index in [0.29, 0.717) is 0 Å². The van der Waals surface area contributed by atoms with Gasteiger partial charge < -0.3 is 5.32 Å². The molecule has 1 heterocycles. The molecule has 1 rings (SSSR count). The monoisotopic (exact) mass is 273 g/mol. The molecule has 0 aromatic rings. The number of hydrogen-bond acceptors (Lipinski definition) is 3. The predicted molar refractivity (Wildman–Crippen MR) is 77.3 cm³/mol. The molecule has 0 saturated heterocycles. The van der Waals surface area contributed by atoms with Crippen molar-refractivity contribution in [2.75, 3.05) is 12.3 Å². The van der Waals surface area contributed by atoms with E-state index < -0.39 is 9.84 Å². The van der Waals surface area contributed by atoms with E-state index in [1.807, 2.05) is 0 Å². The highest BCUT2D eigenvalue weighted by atomic mass is 32.2. The first-order chi connectivity index (χ1) is 8.64. The van der Waals surface area contributed by atoms with Gasteiger partial charge in [0.1, 0.15) is 0 Å². The molecule has 18 heavy (non-hydrogen) atoms. The minimum atomic E-state index is -2.90. The number of hydrogen-bond donors (Lipinski definition) is 1. The summed E-state index contributed by atoms with van der Waals surface area (Å²) in [7, 11) is -2.90. The Kier molecular flexibility index (Phi) is 7.59. The van der Waals surface area contributed by atoms with Gasteiger partial charge >= 0.3 is 0 Å². The lowest BCUT2D eigenvalue weighted by molar-refractivity contribution is 0.542. The molecule has 1 aliphatic heterocycles. The summed E-state index contributed by atoms with van der Waals surface area (Å²) in [6.45, 7) is 3.17. The number of nitrogens with one attached hydrogen (secondary N) is 1. The third-order valence-electron chi connectivity index (χ3n) is 3.37. The predicted octanol–water partition coefficient (Wildman–Crippen LogP) is 3.03. The van der Waals surface area contributed by atoms with Gasteiger partial charge in [0.05, 0.1) is 5.75 Å². The van der Waals surface area contributed by atoms with Crippen molar-refractivity contribution in [2.45, 2.75) is 64.3 Å². The Hall–Kier alpha value is -0.350. The van der Waals surface area contributed by atoms with E-state index >= 15 is 0 Å². The second-order valence-corrected chi connectivity index (χ2v) is 7.12. The van der Waals surface area contributed by atoms with Gasteiger partial charge in [-0.2, -0.15) is 0 Å². The highest BCUT2D eigenvalue weighted by Gasteiger charge is 2.20. The van der Waals surface area contributed by atoms with Crippen LogP contribution in [0, 0.1) is 0 Å². The molecule has 106 valence electrons. The van der Waals surface area contributed by atoms with Crippen LogP contribution in [0.5, 0.6) is 0 Å². The van der Waals surface area contributed by atoms with E-state index in [1.54, 1.807) is 6.08 Å². The molecule has 0 bridgehead atoms. The molecule has 0 saturated carbocycles. The van der Waals surface area contributed by atoms with Crippen molar-refractivity contribution in [3.8, 4) is 0 Å². The summed E-state index contributed by atoms with van der Waals surface area (Å²) in [6.07, 6.45) is 12.2. The van der Waals surface area contributed by atoms with Crippen LogP contribution in [-0.4, -0.2) is 26.8 Å². The van der Waals surface area contributed by atoms with Crippen molar-refractivity contribution in [3.63, 3.8) is 0 Å². The van der Waals surface area contributed by atoms with Crippen LogP contribution in [0.4, 0.5) is 0 Å². The van der Waals surface area contributed by atoms with E-state index in [4.69, 9.17) is 0 Å². The lowest BCUT2D eigenvalue weighted by Gasteiger charge is -2.09. The Labute approximate surface area is 112 Å². The highest BCUT2D eigenvalue weighted by molar-refractivity contribution is 7.94. The van der Waals surface area contributed by atoms with Crippen LogP contribution < -0.4 is 5.32 Å². The minimum Gasteiger partial charge on any atom is -0.310 e. The number of sulfone groups is 1. The van der Waals surface area contributed by atoms with Crippen LogP contribution >= 0.6 is 0 Å². The molecule has 0 aromatic heterocycles. The molecule has 3 nitrogen and oxygen atoms in total. The molecular formula is C14H27NO2S. The van der Waals surface area contributed by atoms with E-state index in [2.05, 4.69) is 12.2 Å². The van der Waals surface area contributed by atoms with Gasteiger partial charge in [0, 0.05) is 11.4 Å². The molecule has 0 fully saturated rings. The van der Waals surface area contributed by atoms with Crippen LogP contribution in [0.15, 0.2) is 11.5 Å². The second kappa shape index (κ2) is 8.70. The first-order valence-electron chi connectivity index (χ1n) is 7.28. The van der Waals surface area contributed by atoms with Crippen LogP contribution in [0.3, 0.4) is 0 Å². The van der Waals surface area contributed by atoms with Crippen LogP contribution in [0.25, 0.3) is 0 Å². The maximum Gasteiger partial charge on any atom is 0.173 e. The molecule has 0 radical (unpaired) electrons. The maximum atomic E-state index is 11.2. The van der Waals surface area contributed by atoms with E-state index in [-0.39, 0.29) is 11.8 Å². The van der Waals surface area contributed by atoms with Gasteiger partial charge in [-0.15, -0.1) is 0 Å². The van der Waals surface area contributed by atoms with Crippen molar-refractivity contribution in [2.24, 2.45) is 0 Å². The van der Waals surface area contributed by atoms with Gasteiger partial charge in [-0.1, -0.05) is 57.9 Å². The highest BCUT2D eigenvalue weighted by Crippen LogP contribution is 2.09. The Bertz CT molecular complexity index is 336. The largest absolute Gasteiger partial charge is 0.310 e. The molecule has 1 atom stereocenters. The quantitative estimate of drug-likeness (QED) is 0.622. The molecular weight excluding hydrogens is 246 g/mol. The van der Waals surface area contributed by atoms with Crippen LogP contribution in [-0.2, 0) is 9.84 Å². The summed E-state index contributed by atoms with van der Waals surface area (Å²) in [6, 6.07) is 0.0413. The zero-order valence-electron chi connectivity index (χ0n) is 11.5. The van der Waals surface area contributed by atoms with Gasteiger partial charge in [0.2, 0.25) is 0 Å². The van der Waals surface area contributed by atoms with Crippen LogP contribution in [0.1, 0.15) is 58.3 Å². The van der Waals surface area contributed by atoms with Gasteiger partial charge in [-0.25, -0.2) is 8.42 Å². The van der Waals surface area contributed by atoms with Crippen molar-refractivity contribution < 1.29 is 8.42 Å². The van der Waals surface area contributed by atoms with Crippen molar-refractivity contribution in [1.29, 1.82) is 0 Å². The maximum absolute atomic E-state index is 11.2. The molecule has 1 unspecified atom stereocenters. The Balaban J connectivity index is 1.86. The van der Waals surface area contributed by atoms with Gasteiger partial charge in [0.25, 0.3) is 0 Å². The van der Waals surface area contributed by atoms with Gasteiger partial charge in [0.15, 0.2) is 9.84 Å². The summed E-state index contributed by atoms with van der Waals surface area (Å²) in [5, 5.41) is 4.61. The third kappa shape index (κ3) is 7.17. The van der Waals surface area contributed by atoms with E-state index in [1.165, 1.54) is 50.4 Å². The average Bonchev–Trinajstić information content (AvgIpc) is 2.67. The topological polar surface area (TPSA) is 46.2 Å². The normalized spacial score (nSPS) is 21.5. The Morgan fingerprint density at radius 1 is 1.06 bits per heavy atom. The SMILES string of the molecule is CCCCCCCCCCNC1C=CS(=O)(=O)C1. The minimum absolute atomic E-state index is 0.0413. The summed E-state index contributed by atoms with van der Waals surface area (Å²) in [5.74, 6) is 0.240. The number of rotatable bonds is 10.